The molecular formula is C18H18FN5O2S. The number of benzene rings is 1. The maximum Gasteiger partial charge on any atom is 0.350 e. The van der Waals surface area contributed by atoms with E-state index in [9.17, 15) is 14.0 Å². The fraction of sp³-hybridized carbons (Fsp3) is 0.333. The molecule has 0 bridgehead atoms. The first kappa shape index (κ1) is 17.7. The zero-order valence-corrected chi connectivity index (χ0v) is 15.3. The Morgan fingerprint density at radius 1 is 1.19 bits per heavy atom. The van der Waals surface area contributed by atoms with Gasteiger partial charge in [0.25, 0.3) is 0 Å². The average Bonchev–Trinajstić information content (AvgIpc) is 3.12. The monoisotopic (exact) mass is 387 g/mol. The summed E-state index contributed by atoms with van der Waals surface area (Å²) in [6.07, 6.45) is 4.76. The summed E-state index contributed by atoms with van der Waals surface area (Å²) < 4.78 is 14.3. The predicted octanol–water partition coefficient (Wildman–Crippen LogP) is 2.33. The summed E-state index contributed by atoms with van der Waals surface area (Å²) in [5.74, 6) is -0.0675. The van der Waals surface area contributed by atoms with Gasteiger partial charge in [-0.15, -0.1) is 0 Å². The number of likely N-dealkylation sites (tertiary alicyclic amines) is 1. The van der Waals surface area contributed by atoms with Crippen LogP contribution in [0.15, 0.2) is 40.4 Å². The normalized spacial score (nSPS) is 14.6. The van der Waals surface area contributed by atoms with E-state index in [0.29, 0.717) is 21.9 Å². The van der Waals surface area contributed by atoms with Crippen LogP contribution >= 0.6 is 11.8 Å². The molecule has 1 saturated heterocycles. The van der Waals surface area contributed by atoms with Crippen molar-refractivity contribution in [2.75, 3.05) is 18.8 Å². The first-order chi connectivity index (χ1) is 13.1. The van der Waals surface area contributed by atoms with Gasteiger partial charge in [0.15, 0.2) is 10.8 Å². The van der Waals surface area contributed by atoms with E-state index in [4.69, 9.17) is 0 Å². The minimum Gasteiger partial charge on any atom is -0.342 e. The topological polar surface area (TPSA) is 83.4 Å². The van der Waals surface area contributed by atoms with E-state index < -0.39 is 5.69 Å². The lowest BCUT2D eigenvalue weighted by Gasteiger charge is -2.26. The number of nitrogens with one attached hydrogen (secondary N) is 1. The van der Waals surface area contributed by atoms with Gasteiger partial charge in [-0.2, -0.15) is 9.61 Å². The fourth-order valence-corrected chi connectivity index (χ4v) is 3.89. The molecule has 7 nitrogen and oxygen atoms in total. The van der Waals surface area contributed by atoms with Crippen LogP contribution in [0.5, 0.6) is 0 Å². The number of hydrogen-bond acceptors (Lipinski definition) is 5. The lowest BCUT2D eigenvalue weighted by atomic mass is 10.1. The Balaban J connectivity index is 1.58. The lowest BCUT2D eigenvalue weighted by molar-refractivity contribution is -0.129. The number of carbonyl (C=O) groups is 1. The van der Waals surface area contributed by atoms with Gasteiger partial charge in [0.1, 0.15) is 5.82 Å². The average molecular weight is 387 g/mol. The number of H-pyrrole nitrogens is 1. The number of nitrogens with zero attached hydrogens (tertiary/aromatic N) is 4. The Morgan fingerprint density at radius 2 is 1.93 bits per heavy atom. The van der Waals surface area contributed by atoms with Crippen molar-refractivity contribution in [1.29, 1.82) is 0 Å². The number of carbonyl (C=O) groups excluding carboxylic acids is 1. The lowest BCUT2D eigenvalue weighted by Crippen LogP contribution is -2.36. The SMILES string of the molecule is O=C(CSc1nc2c(-c3ccc(F)cc3)cnn2c(=O)[nH]1)N1CCCCC1. The summed E-state index contributed by atoms with van der Waals surface area (Å²) in [5.41, 5.74) is 1.29. The molecule has 1 N–H and O–H groups in total. The highest BCUT2D eigenvalue weighted by atomic mass is 32.2. The highest BCUT2D eigenvalue weighted by Gasteiger charge is 2.18. The fourth-order valence-electron chi connectivity index (χ4n) is 3.13. The second kappa shape index (κ2) is 7.51. The Bertz CT molecular complexity index is 1020. The van der Waals surface area contributed by atoms with E-state index in [1.165, 1.54) is 30.1 Å². The van der Waals surface area contributed by atoms with Gasteiger partial charge in [0, 0.05) is 18.7 Å². The highest BCUT2D eigenvalue weighted by molar-refractivity contribution is 7.99. The first-order valence-electron chi connectivity index (χ1n) is 8.76. The van der Waals surface area contributed by atoms with E-state index in [1.807, 2.05) is 4.90 Å². The Labute approximate surface area is 158 Å². The molecule has 27 heavy (non-hydrogen) atoms. The molecule has 1 aliphatic rings. The van der Waals surface area contributed by atoms with Crippen molar-refractivity contribution in [3.05, 3.63) is 46.8 Å². The van der Waals surface area contributed by atoms with Gasteiger partial charge in [-0.05, 0) is 37.0 Å². The van der Waals surface area contributed by atoms with Crippen LogP contribution in [0.1, 0.15) is 19.3 Å². The molecule has 4 rings (SSSR count). The van der Waals surface area contributed by atoms with E-state index in [2.05, 4.69) is 15.1 Å². The number of aromatic amines is 1. The molecule has 1 amide bonds. The van der Waals surface area contributed by atoms with Crippen LogP contribution in [0.3, 0.4) is 0 Å². The van der Waals surface area contributed by atoms with Crippen LogP contribution in [-0.4, -0.2) is 49.2 Å². The van der Waals surface area contributed by atoms with Crippen LogP contribution in [0, 0.1) is 5.82 Å². The van der Waals surface area contributed by atoms with Crippen LogP contribution in [0.2, 0.25) is 0 Å². The number of fused-ring (bicyclic) bond motifs is 1. The van der Waals surface area contributed by atoms with E-state index in [-0.39, 0.29) is 17.5 Å². The standard InChI is InChI=1S/C18H18FN5O2S/c19-13-6-4-12(5-7-13)14-10-20-24-16(14)21-17(22-18(24)26)27-11-15(25)23-8-2-1-3-9-23/h4-7,10H,1-3,8-9,11H2,(H,21,22,26). The van der Waals surface area contributed by atoms with E-state index in [1.54, 1.807) is 12.1 Å². The van der Waals surface area contributed by atoms with Crippen molar-refractivity contribution in [3.8, 4) is 11.1 Å². The number of rotatable bonds is 4. The van der Waals surface area contributed by atoms with Gasteiger partial charge in [-0.3, -0.25) is 9.78 Å². The molecule has 9 heteroatoms. The van der Waals surface area contributed by atoms with Gasteiger partial charge in [-0.1, -0.05) is 23.9 Å². The van der Waals surface area contributed by atoms with Crippen LogP contribution in [0.25, 0.3) is 16.8 Å². The molecular weight excluding hydrogens is 369 g/mol. The molecule has 1 aromatic carbocycles. The number of halogens is 1. The Morgan fingerprint density at radius 3 is 2.67 bits per heavy atom. The van der Waals surface area contributed by atoms with Gasteiger partial charge in [-0.25, -0.2) is 14.2 Å². The minimum absolute atomic E-state index is 0.0505. The number of thioether (sulfide) groups is 1. The zero-order chi connectivity index (χ0) is 18.8. The van der Waals surface area contributed by atoms with Gasteiger partial charge >= 0.3 is 5.69 Å². The third-order valence-electron chi connectivity index (χ3n) is 4.55. The third kappa shape index (κ3) is 3.73. The van der Waals surface area contributed by atoms with Crippen molar-refractivity contribution >= 4 is 23.3 Å². The zero-order valence-electron chi connectivity index (χ0n) is 14.5. The molecule has 2 aromatic heterocycles. The molecule has 0 saturated carbocycles. The summed E-state index contributed by atoms with van der Waals surface area (Å²) in [6, 6.07) is 5.92. The smallest absolute Gasteiger partial charge is 0.342 e. The molecule has 0 spiro atoms. The molecule has 0 atom stereocenters. The van der Waals surface area contributed by atoms with Gasteiger partial charge < -0.3 is 4.90 Å². The quantitative estimate of drug-likeness (QED) is 0.695. The summed E-state index contributed by atoms with van der Waals surface area (Å²) in [7, 11) is 0. The number of amides is 1. The van der Waals surface area contributed by atoms with Crippen LogP contribution in [0.4, 0.5) is 4.39 Å². The summed E-state index contributed by atoms with van der Waals surface area (Å²) in [5, 5.41) is 4.42. The maximum atomic E-state index is 13.2. The Kier molecular flexibility index (Phi) is 4.93. The van der Waals surface area contributed by atoms with E-state index >= 15 is 0 Å². The predicted molar refractivity (Wildman–Crippen MR) is 100 cm³/mol. The second-order valence-corrected chi connectivity index (χ2v) is 7.34. The number of piperidine rings is 1. The molecule has 1 fully saturated rings. The number of aromatic nitrogens is 4. The van der Waals surface area contributed by atoms with Crippen molar-refractivity contribution in [3.63, 3.8) is 0 Å². The summed E-state index contributed by atoms with van der Waals surface area (Å²) in [4.78, 5) is 33.6. The van der Waals surface area contributed by atoms with Crippen molar-refractivity contribution in [1.82, 2.24) is 24.5 Å². The highest BCUT2D eigenvalue weighted by Crippen LogP contribution is 2.24. The van der Waals surface area contributed by atoms with Gasteiger partial charge in [0.05, 0.1) is 11.9 Å². The molecule has 3 aromatic rings. The van der Waals surface area contributed by atoms with E-state index in [0.717, 1.165) is 36.9 Å². The number of hydrogen-bond donors (Lipinski definition) is 1. The maximum absolute atomic E-state index is 13.2. The third-order valence-corrected chi connectivity index (χ3v) is 5.41. The largest absolute Gasteiger partial charge is 0.350 e. The van der Waals surface area contributed by atoms with Crippen molar-refractivity contribution in [2.24, 2.45) is 0 Å². The molecule has 140 valence electrons. The van der Waals surface area contributed by atoms with Crippen molar-refractivity contribution < 1.29 is 9.18 Å². The first-order valence-corrected chi connectivity index (χ1v) is 9.75. The molecule has 0 unspecified atom stereocenters. The molecule has 0 radical (unpaired) electrons. The minimum atomic E-state index is -0.429. The van der Waals surface area contributed by atoms with Crippen LogP contribution < -0.4 is 5.69 Å². The van der Waals surface area contributed by atoms with Gasteiger partial charge in [0.2, 0.25) is 5.91 Å². The molecule has 3 heterocycles. The summed E-state index contributed by atoms with van der Waals surface area (Å²) >= 11 is 1.20. The molecule has 1 aliphatic heterocycles. The second-order valence-electron chi connectivity index (χ2n) is 6.38. The summed E-state index contributed by atoms with van der Waals surface area (Å²) in [6.45, 7) is 1.58. The molecule has 0 aliphatic carbocycles. The Hall–Kier alpha value is -2.68. The van der Waals surface area contributed by atoms with Crippen molar-refractivity contribution in [2.45, 2.75) is 24.4 Å². The van der Waals surface area contributed by atoms with Crippen LogP contribution in [-0.2, 0) is 4.79 Å².